The van der Waals surface area contributed by atoms with E-state index in [0.717, 1.165) is 22.4 Å². The number of fused-ring (bicyclic) bond motifs is 1. The lowest BCUT2D eigenvalue weighted by Gasteiger charge is -2.52. The minimum absolute atomic E-state index is 0. The summed E-state index contributed by atoms with van der Waals surface area (Å²) in [6.07, 6.45) is -0.0250. The molecule has 0 saturated carbocycles. The molecular weight excluding hydrogens is 608 g/mol. The number of aliphatic carboxylic acids is 1. The topological polar surface area (TPSA) is 134 Å². The third-order valence-electron chi connectivity index (χ3n) is 8.70. The van der Waals surface area contributed by atoms with Crippen molar-refractivity contribution in [2.75, 3.05) is 40.5 Å². The second-order valence-electron chi connectivity index (χ2n) is 11.4. The van der Waals surface area contributed by atoms with Gasteiger partial charge in [0.2, 0.25) is 5.91 Å². The Bertz CT molecular complexity index is 1350. The van der Waals surface area contributed by atoms with Gasteiger partial charge in [-0.1, -0.05) is 100 Å². The first-order valence-corrected chi connectivity index (χ1v) is 16.8. The Morgan fingerprint density at radius 2 is 1.48 bits per heavy atom. The van der Waals surface area contributed by atoms with Gasteiger partial charge in [-0.05, 0) is 35.2 Å². The molecule has 1 unspecified atom stereocenters. The number of amides is 1. The molecule has 10 nitrogen and oxygen atoms in total. The van der Waals surface area contributed by atoms with Crippen LogP contribution in [-0.4, -0.2) is 89.7 Å². The Hall–Kier alpha value is -4.09. The molecule has 2 aliphatic heterocycles. The molecular formula is C38H54N4O6. The highest BCUT2D eigenvalue weighted by atomic mass is 16.5. The number of ketones is 1. The molecule has 5 rings (SSSR count). The van der Waals surface area contributed by atoms with Gasteiger partial charge in [-0.15, -0.1) is 0 Å². The summed E-state index contributed by atoms with van der Waals surface area (Å²) in [5, 5.41) is 17.1. The van der Waals surface area contributed by atoms with Gasteiger partial charge in [0.15, 0.2) is 5.78 Å². The van der Waals surface area contributed by atoms with Gasteiger partial charge in [0.25, 0.3) is 0 Å². The first kappa shape index (κ1) is 40.1. The van der Waals surface area contributed by atoms with Crippen molar-refractivity contribution in [1.29, 1.82) is 0 Å². The van der Waals surface area contributed by atoms with Crippen LogP contribution in [-0.2, 0) is 20.9 Å². The molecule has 3 aromatic carbocycles. The van der Waals surface area contributed by atoms with Crippen molar-refractivity contribution in [3.8, 4) is 5.75 Å². The van der Waals surface area contributed by atoms with Crippen LogP contribution < -0.4 is 10.1 Å². The van der Waals surface area contributed by atoms with Crippen molar-refractivity contribution >= 4 is 17.7 Å². The number of methoxy groups -OCH3 is 1. The van der Waals surface area contributed by atoms with Crippen LogP contribution in [0.15, 0.2) is 84.9 Å². The number of hydrogen-bond acceptors (Lipinski definition) is 7. The van der Waals surface area contributed by atoms with Gasteiger partial charge in [0, 0.05) is 44.9 Å². The smallest absolute Gasteiger partial charge is 0.303 e. The molecule has 2 saturated heterocycles. The maximum absolute atomic E-state index is 14.1. The second-order valence-corrected chi connectivity index (χ2v) is 11.4. The highest BCUT2D eigenvalue weighted by Gasteiger charge is 2.51. The Labute approximate surface area is 286 Å². The number of rotatable bonds is 12. The predicted molar refractivity (Wildman–Crippen MR) is 189 cm³/mol. The van der Waals surface area contributed by atoms with E-state index in [1.54, 1.807) is 7.11 Å². The predicted octanol–water partition coefficient (Wildman–Crippen LogP) is 4.84. The quantitative estimate of drug-likeness (QED) is 0.282. The van der Waals surface area contributed by atoms with Crippen molar-refractivity contribution in [2.24, 2.45) is 11.8 Å². The average molecular weight is 663 g/mol. The number of Topliss-reactive ketones (excluding diaryl/α,β-unsaturated/α-hetero) is 1. The van der Waals surface area contributed by atoms with Gasteiger partial charge in [0.05, 0.1) is 32.3 Å². The number of hydrazine groups is 1. The zero-order valence-electron chi connectivity index (χ0n) is 29.3. The molecule has 2 heterocycles. The van der Waals surface area contributed by atoms with E-state index in [1.807, 2.05) is 105 Å². The second kappa shape index (κ2) is 20.3. The maximum Gasteiger partial charge on any atom is 0.303 e. The van der Waals surface area contributed by atoms with Crippen molar-refractivity contribution in [3.05, 3.63) is 102 Å². The maximum atomic E-state index is 14.1. The van der Waals surface area contributed by atoms with Gasteiger partial charge in [-0.3, -0.25) is 19.7 Å². The fourth-order valence-corrected chi connectivity index (χ4v) is 6.52. The molecule has 3 atom stereocenters. The van der Waals surface area contributed by atoms with Crippen LogP contribution in [0.5, 0.6) is 5.75 Å². The van der Waals surface area contributed by atoms with Crippen LogP contribution >= 0.6 is 0 Å². The molecule has 2 aliphatic rings. The number of nitrogens with one attached hydrogen (secondary N) is 1. The van der Waals surface area contributed by atoms with Crippen molar-refractivity contribution < 1.29 is 29.7 Å². The summed E-state index contributed by atoms with van der Waals surface area (Å²) in [6.45, 7) is 10.1. The van der Waals surface area contributed by atoms with Gasteiger partial charge in [-0.2, -0.15) is 0 Å². The average Bonchev–Trinajstić information content (AvgIpc) is 3.11. The number of carboxylic acids is 1. The summed E-state index contributed by atoms with van der Waals surface area (Å²) < 4.78 is 5.26. The van der Waals surface area contributed by atoms with Crippen molar-refractivity contribution in [3.63, 3.8) is 0 Å². The summed E-state index contributed by atoms with van der Waals surface area (Å²) in [5.74, 6) is -1.63. The SMILES string of the molecule is CC.CC.COc1ccc(CNCN2[C@H]3CN(CC(c4ccccc4)c4ccccc4)C(=O)[C@H](CCC(=O)O)C3C(=O)CN2C)cc1.O. The zero-order chi connectivity index (χ0) is 34.3. The van der Waals surface area contributed by atoms with Crippen molar-refractivity contribution in [2.45, 2.75) is 59.0 Å². The van der Waals surface area contributed by atoms with Crippen LogP contribution in [0.4, 0.5) is 0 Å². The highest BCUT2D eigenvalue weighted by molar-refractivity contribution is 5.92. The van der Waals surface area contributed by atoms with Gasteiger partial charge >= 0.3 is 5.97 Å². The molecule has 4 N–H and O–H groups in total. The summed E-state index contributed by atoms with van der Waals surface area (Å²) >= 11 is 0. The molecule has 3 aromatic rings. The minimum Gasteiger partial charge on any atom is -0.497 e. The van der Waals surface area contributed by atoms with Crippen LogP contribution in [0.3, 0.4) is 0 Å². The van der Waals surface area contributed by atoms with Crippen LogP contribution in [0.2, 0.25) is 0 Å². The largest absolute Gasteiger partial charge is 0.497 e. The fraction of sp³-hybridized carbons (Fsp3) is 0.447. The molecule has 0 aliphatic carbocycles. The van der Waals surface area contributed by atoms with Crippen LogP contribution in [0, 0.1) is 11.8 Å². The Morgan fingerprint density at radius 3 is 2.00 bits per heavy atom. The number of benzene rings is 3. The fourth-order valence-electron chi connectivity index (χ4n) is 6.52. The lowest BCUT2D eigenvalue weighted by molar-refractivity contribution is -0.175. The first-order chi connectivity index (χ1) is 22.9. The number of piperidine rings is 1. The van der Waals surface area contributed by atoms with E-state index < -0.39 is 17.8 Å². The van der Waals surface area contributed by atoms with Gasteiger partial charge < -0.3 is 20.2 Å². The van der Waals surface area contributed by atoms with E-state index in [2.05, 4.69) is 34.6 Å². The summed E-state index contributed by atoms with van der Waals surface area (Å²) in [6, 6.07) is 27.8. The molecule has 48 heavy (non-hydrogen) atoms. The lowest BCUT2D eigenvalue weighted by Crippen LogP contribution is -2.69. The van der Waals surface area contributed by atoms with E-state index in [9.17, 15) is 19.5 Å². The summed E-state index contributed by atoms with van der Waals surface area (Å²) in [5.41, 5.74) is 3.29. The lowest BCUT2D eigenvalue weighted by atomic mass is 9.74. The normalized spacial score (nSPS) is 19.2. The molecule has 0 radical (unpaired) electrons. The van der Waals surface area contributed by atoms with Gasteiger partial charge in [-0.25, -0.2) is 10.0 Å². The zero-order valence-corrected chi connectivity index (χ0v) is 29.3. The highest BCUT2D eigenvalue weighted by Crippen LogP contribution is 2.37. The number of nitrogens with zero attached hydrogens (tertiary/aromatic N) is 3. The number of likely N-dealkylation sites (N-methyl/N-ethyl adjacent to an activating group) is 1. The Morgan fingerprint density at radius 1 is 0.917 bits per heavy atom. The van der Waals surface area contributed by atoms with E-state index >= 15 is 0 Å². The summed E-state index contributed by atoms with van der Waals surface area (Å²) in [4.78, 5) is 41.1. The number of hydrogen-bond donors (Lipinski definition) is 2. The monoisotopic (exact) mass is 662 g/mol. The molecule has 262 valence electrons. The number of carbonyl (C=O) groups excluding carboxylic acids is 2. The number of carboxylic acid groups (broad SMARTS) is 1. The van der Waals surface area contributed by atoms with E-state index in [1.165, 1.54) is 0 Å². The first-order valence-electron chi connectivity index (χ1n) is 16.8. The minimum atomic E-state index is -0.966. The number of carbonyl (C=O) groups is 3. The van der Waals surface area contributed by atoms with Crippen molar-refractivity contribution in [1.82, 2.24) is 20.2 Å². The van der Waals surface area contributed by atoms with Crippen LogP contribution in [0.1, 0.15) is 63.1 Å². The molecule has 2 fully saturated rings. The van der Waals surface area contributed by atoms with Crippen LogP contribution in [0.25, 0.3) is 0 Å². The molecule has 0 bridgehead atoms. The molecule has 0 aromatic heterocycles. The molecule has 1 amide bonds. The van der Waals surface area contributed by atoms with E-state index in [-0.39, 0.29) is 48.5 Å². The summed E-state index contributed by atoms with van der Waals surface area (Å²) in [7, 11) is 3.54. The third kappa shape index (κ3) is 10.2. The third-order valence-corrected chi connectivity index (χ3v) is 8.70. The number of likely N-dealkylation sites (tertiary alicyclic amines) is 1. The Balaban J connectivity index is 0.00000154. The van der Waals surface area contributed by atoms with E-state index in [4.69, 9.17) is 4.74 Å². The Kier molecular flexibility index (Phi) is 17.0. The molecule has 10 heteroatoms. The molecule has 0 spiro atoms. The van der Waals surface area contributed by atoms with Gasteiger partial charge in [0.1, 0.15) is 5.75 Å². The standard InChI is InChI=1S/C34H40N4O5.2C2H6.H2O/c1-36-22-31(39)33-28(17-18-32(40)41)34(42)37(20-29(25-9-5-3-6-10-25)26-11-7-4-8-12-26)21-30(33)38(36)23-35-19-24-13-15-27(43-2)16-14-24;2*1-2;/h3-16,28-30,33,35H,17-23H2,1-2H3,(H,40,41);2*1-2H3;1H2/t28-,30+,33?;;;/m1.../s1. The van der Waals surface area contributed by atoms with E-state index in [0.29, 0.717) is 26.3 Å². The number of ether oxygens (including phenoxy) is 1.